The van der Waals surface area contributed by atoms with Gasteiger partial charge in [-0.2, -0.15) is 0 Å². The van der Waals surface area contributed by atoms with E-state index in [2.05, 4.69) is 4.74 Å². The van der Waals surface area contributed by atoms with Crippen LogP contribution >= 0.6 is 0 Å². The standard InChI is InChI=1S/C7H8O2.C6H14O6/c8-7(9)6-4-2-1-3-5-6;1-12-6(11)5(10)4(9)3(8)2-7/h1-5,7-9H;3-11H,2H2,1H3. The average Bonchev–Trinajstić information content (AvgIpc) is 2.53. The molecule has 0 saturated heterocycles. The molecule has 0 fully saturated rings. The number of hydrogen-bond acceptors (Lipinski definition) is 8. The lowest BCUT2D eigenvalue weighted by molar-refractivity contribution is -0.193. The third-order valence-electron chi connectivity index (χ3n) is 2.56. The van der Waals surface area contributed by atoms with Gasteiger partial charge >= 0.3 is 0 Å². The van der Waals surface area contributed by atoms with Crippen molar-refractivity contribution < 1.29 is 40.5 Å². The van der Waals surface area contributed by atoms with Crippen molar-refractivity contribution in [2.75, 3.05) is 13.7 Å². The molecule has 122 valence electrons. The van der Waals surface area contributed by atoms with Crippen molar-refractivity contribution >= 4 is 0 Å². The molecule has 21 heavy (non-hydrogen) atoms. The molecule has 0 aromatic heterocycles. The molecule has 0 spiro atoms. The Hall–Kier alpha value is -1.10. The number of methoxy groups -OCH3 is 1. The van der Waals surface area contributed by atoms with Gasteiger partial charge in [0.25, 0.3) is 0 Å². The molecule has 0 aliphatic carbocycles. The Bertz CT molecular complexity index is 344. The van der Waals surface area contributed by atoms with Crippen LogP contribution in [0.2, 0.25) is 0 Å². The molecule has 8 heteroatoms. The van der Waals surface area contributed by atoms with E-state index in [1.165, 1.54) is 0 Å². The summed E-state index contributed by atoms with van der Waals surface area (Å²) in [5, 5.41) is 61.1. The van der Waals surface area contributed by atoms with Gasteiger partial charge < -0.3 is 40.5 Å². The van der Waals surface area contributed by atoms with Crippen molar-refractivity contribution in [3.8, 4) is 0 Å². The first-order valence-corrected chi connectivity index (χ1v) is 6.12. The first kappa shape index (κ1) is 19.9. The highest BCUT2D eigenvalue weighted by molar-refractivity contribution is 5.15. The second-order valence-corrected chi connectivity index (χ2v) is 4.14. The molecule has 0 saturated carbocycles. The van der Waals surface area contributed by atoms with E-state index >= 15 is 0 Å². The molecular formula is C13H22O8. The van der Waals surface area contributed by atoms with Crippen molar-refractivity contribution in [3.63, 3.8) is 0 Å². The van der Waals surface area contributed by atoms with Gasteiger partial charge in [-0.05, 0) is 0 Å². The third kappa shape index (κ3) is 7.46. The first-order valence-electron chi connectivity index (χ1n) is 6.12. The maximum Gasteiger partial charge on any atom is 0.183 e. The van der Waals surface area contributed by atoms with Crippen LogP contribution in [0.5, 0.6) is 0 Å². The number of benzene rings is 1. The van der Waals surface area contributed by atoms with Crippen molar-refractivity contribution in [3.05, 3.63) is 35.9 Å². The zero-order valence-corrected chi connectivity index (χ0v) is 11.5. The smallest absolute Gasteiger partial charge is 0.183 e. The van der Waals surface area contributed by atoms with Crippen LogP contribution in [0.3, 0.4) is 0 Å². The van der Waals surface area contributed by atoms with Crippen LogP contribution < -0.4 is 0 Å². The largest absolute Gasteiger partial charge is 0.394 e. The highest BCUT2D eigenvalue weighted by Gasteiger charge is 2.29. The Labute approximate surface area is 122 Å². The molecule has 0 aliphatic heterocycles. The van der Waals surface area contributed by atoms with E-state index in [-0.39, 0.29) is 0 Å². The van der Waals surface area contributed by atoms with E-state index in [9.17, 15) is 0 Å². The number of ether oxygens (including phenoxy) is 1. The molecule has 0 amide bonds. The van der Waals surface area contributed by atoms with Crippen LogP contribution in [0.1, 0.15) is 11.9 Å². The number of aliphatic hydroxyl groups excluding tert-OH is 6. The minimum Gasteiger partial charge on any atom is -0.394 e. The van der Waals surface area contributed by atoms with Crippen molar-refractivity contribution in [2.45, 2.75) is 30.9 Å². The van der Waals surface area contributed by atoms with Crippen molar-refractivity contribution in [1.82, 2.24) is 0 Å². The third-order valence-corrected chi connectivity index (χ3v) is 2.56. The quantitative estimate of drug-likeness (QED) is 0.290. The van der Waals surface area contributed by atoms with Gasteiger partial charge in [-0.15, -0.1) is 0 Å². The van der Waals surface area contributed by atoms with E-state index in [1.54, 1.807) is 24.3 Å². The monoisotopic (exact) mass is 306 g/mol. The average molecular weight is 306 g/mol. The van der Waals surface area contributed by atoms with Gasteiger partial charge in [0.15, 0.2) is 12.6 Å². The minimum atomic E-state index is -1.64. The minimum absolute atomic E-state index is 0.525. The molecule has 8 nitrogen and oxygen atoms in total. The summed E-state index contributed by atoms with van der Waals surface area (Å²) in [7, 11) is 1.13. The molecule has 0 aliphatic rings. The number of aliphatic hydroxyl groups is 7. The predicted molar refractivity (Wildman–Crippen MR) is 71.7 cm³/mol. The van der Waals surface area contributed by atoms with E-state index in [0.29, 0.717) is 5.56 Å². The van der Waals surface area contributed by atoms with Crippen LogP contribution in [0.25, 0.3) is 0 Å². The van der Waals surface area contributed by atoms with Crippen molar-refractivity contribution in [2.24, 2.45) is 0 Å². The molecule has 4 atom stereocenters. The van der Waals surface area contributed by atoms with Crippen LogP contribution in [-0.2, 0) is 4.74 Å². The summed E-state index contributed by atoms with van der Waals surface area (Å²) in [6, 6.07) is 8.66. The molecule has 1 rings (SSSR count). The van der Waals surface area contributed by atoms with Gasteiger partial charge in [-0.3, -0.25) is 0 Å². The molecule has 0 radical (unpaired) electrons. The highest BCUT2D eigenvalue weighted by Crippen LogP contribution is 2.06. The Balaban J connectivity index is 0.000000394. The summed E-state index contributed by atoms with van der Waals surface area (Å²) in [5.41, 5.74) is 0.525. The molecule has 0 bridgehead atoms. The first-order chi connectivity index (χ1) is 9.84. The molecule has 7 N–H and O–H groups in total. The number of rotatable bonds is 6. The molecule has 1 aromatic rings. The maximum absolute atomic E-state index is 8.99. The van der Waals surface area contributed by atoms with Crippen molar-refractivity contribution in [1.29, 1.82) is 0 Å². The lowest BCUT2D eigenvalue weighted by atomic mass is 10.1. The summed E-state index contributed by atoms with van der Waals surface area (Å²) in [5.74, 6) is 0. The van der Waals surface area contributed by atoms with Gasteiger partial charge in [0.05, 0.1) is 6.61 Å². The van der Waals surface area contributed by atoms with Crippen LogP contribution in [0.4, 0.5) is 0 Å². The zero-order chi connectivity index (χ0) is 16.4. The fourth-order valence-corrected chi connectivity index (χ4v) is 1.27. The van der Waals surface area contributed by atoms with E-state index in [0.717, 1.165) is 7.11 Å². The fraction of sp³-hybridized carbons (Fsp3) is 0.538. The molecular weight excluding hydrogens is 284 g/mol. The summed E-state index contributed by atoms with van der Waals surface area (Å²) in [4.78, 5) is 0. The Morgan fingerprint density at radius 3 is 1.76 bits per heavy atom. The summed E-state index contributed by atoms with van der Waals surface area (Å²) >= 11 is 0. The van der Waals surface area contributed by atoms with Gasteiger partial charge in [0.2, 0.25) is 0 Å². The molecule has 0 heterocycles. The summed E-state index contributed by atoms with van der Waals surface area (Å²) in [6.07, 6.45) is -7.70. The van der Waals surface area contributed by atoms with Crippen LogP contribution in [0, 0.1) is 0 Å². The SMILES string of the molecule is COC(O)C(O)C(O)C(O)CO.OC(O)c1ccccc1. The van der Waals surface area contributed by atoms with Crippen LogP contribution in [-0.4, -0.2) is 74.1 Å². The molecule has 1 aromatic carbocycles. The lowest BCUT2D eigenvalue weighted by Crippen LogP contribution is -2.46. The van der Waals surface area contributed by atoms with Gasteiger partial charge in [-0.25, -0.2) is 0 Å². The number of hydrogen-bond donors (Lipinski definition) is 7. The summed E-state index contributed by atoms with van der Waals surface area (Å²) < 4.78 is 4.28. The zero-order valence-electron chi connectivity index (χ0n) is 11.5. The van der Waals surface area contributed by atoms with Gasteiger partial charge in [0.1, 0.15) is 18.3 Å². The Morgan fingerprint density at radius 2 is 1.43 bits per heavy atom. The molecule has 4 unspecified atom stereocenters. The Morgan fingerprint density at radius 1 is 0.905 bits per heavy atom. The van der Waals surface area contributed by atoms with Crippen LogP contribution in [0.15, 0.2) is 30.3 Å². The topological polar surface area (TPSA) is 151 Å². The maximum atomic E-state index is 8.99. The normalized spacial score (nSPS) is 16.6. The summed E-state index contributed by atoms with van der Waals surface area (Å²) in [6.45, 7) is -0.700. The second-order valence-electron chi connectivity index (χ2n) is 4.14. The van der Waals surface area contributed by atoms with E-state index < -0.39 is 37.5 Å². The highest BCUT2D eigenvalue weighted by atomic mass is 16.6. The predicted octanol–water partition coefficient (Wildman–Crippen LogP) is -2.30. The van der Waals surface area contributed by atoms with E-state index in [4.69, 9.17) is 35.7 Å². The second kappa shape index (κ2) is 10.6. The van der Waals surface area contributed by atoms with Gasteiger partial charge in [0, 0.05) is 12.7 Å². The van der Waals surface area contributed by atoms with Gasteiger partial charge in [-0.1, -0.05) is 30.3 Å². The fourth-order valence-electron chi connectivity index (χ4n) is 1.27. The van der Waals surface area contributed by atoms with E-state index in [1.807, 2.05) is 6.07 Å². The Kier molecular flexibility index (Phi) is 10.0. The lowest BCUT2D eigenvalue weighted by Gasteiger charge is -2.24.